The van der Waals surface area contributed by atoms with Gasteiger partial charge in [0.15, 0.2) is 0 Å². The molecule has 0 spiro atoms. The van der Waals surface area contributed by atoms with Crippen LogP contribution >= 0.6 is 0 Å². The zero-order chi connectivity index (χ0) is 23.1. The molecule has 0 radical (unpaired) electrons. The van der Waals surface area contributed by atoms with Crippen LogP contribution in [-0.4, -0.2) is 38.1 Å². The Labute approximate surface area is 189 Å². The van der Waals surface area contributed by atoms with Crippen molar-refractivity contribution in [3.63, 3.8) is 0 Å². The van der Waals surface area contributed by atoms with Crippen LogP contribution in [0.5, 0.6) is 0 Å². The van der Waals surface area contributed by atoms with Gasteiger partial charge < -0.3 is 10.2 Å². The number of carbonyl (C=O) groups is 2. The summed E-state index contributed by atoms with van der Waals surface area (Å²) in [6.07, 6.45) is 5.35. The average Bonchev–Trinajstić information content (AvgIpc) is 3.18. The first-order chi connectivity index (χ1) is 15.1. The van der Waals surface area contributed by atoms with E-state index in [0.717, 1.165) is 36.9 Å². The first-order valence-corrected chi connectivity index (χ1v) is 11.5. The molecule has 2 amide bonds. The molecule has 1 aromatic carbocycles. The van der Waals surface area contributed by atoms with Gasteiger partial charge in [-0.25, -0.2) is 4.39 Å². The Kier molecular flexibility index (Phi) is 5.86. The van der Waals surface area contributed by atoms with Gasteiger partial charge in [-0.1, -0.05) is 52.2 Å². The molecule has 0 saturated heterocycles. The van der Waals surface area contributed by atoms with E-state index in [4.69, 9.17) is 0 Å². The van der Waals surface area contributed by atoms with Crippen molar-refractivity contribution in [3.05, 3.63) is 53.1 Å². The molecule has 172 valence electrons. The fraction of sp³-hybridized carbons (Fsp3) is 0.560. The second-order valence-corrected chi connectivity index (χ2v) is 10.4. The van der Waals surface area contributed by atoms with E-state index in [1.54, 1.807) is 21.7 Å². The molecule has 6 nitrogen and oxygen atoms in total. The predicted octanol–water partition coefficient (Wildman–Crippen LogP) is 4.18. The maximum Gasteiger partial charge on any atom is 0.273 e. The highest BCUT2D eigenvalue weighted by molar-refractivity contribution is 5.99. The van der Waals surface area contributed by atoms with Gasteiger partial charge >= 0.3 is 0 Å². The maximum atomic E-state index is 13.7. The molecule has 0 unspecified atom stereocenters. The van der Waals surface area contributed by atoms with Gasteiger partial charge in [-0.05, 0) is 43.5 Å². The lowest BCUT2D eigenvalue weighted by Crippen LogP contribution is -2.64. The van der Waals surface area contributed by atoms with E-state index in [9.17, 15) is 14.0 Å². The van der Waals surface area contributed by atoms with Gasteiger partial charge in [-0.2, -0.15) is 5.10 Å². The molecule has 1 aliphatic carbocycles. The molecule has 1 aliphatic heterocycles. The molecule has 2 aromatic rings. The summed E-state index contributed by atoms with van der Waals surface area (Å²) in [7, 11) is 0. The third kappa shape index (κ3) is 4.30. The van der Waals surface area contributed by atoms with Gasteiger partial charge in [-0.15, -0.1) is 0 Å². The molecule has 1 aromatic heterocycles. The summed E-state index contributed by atoms with van der Waals surface area (Å²) in [4.78, 5) is 28.9. The number of amides is 2. The highest BCUT2D eigenvalue weighted by Gasteiger charge is 2.48. The van der Waals surface area contributed by atoms with E-state index in [0.29, 0.717) is 5.69 Å². The van der Waals surface area contributed by atoms with Crippen LogP contribution in [0.2, 0.25) is 0 Å². The normalized spacial score (nSPS) is 22.0. The number of benzene rings is 1. The summed E-state index contributed by atoms with van der Waals surface area (Å²) in [6.45, 7) is 8.48. The molecule has 4 rings (SSSR count). The van der Waals surface area contributed by atoms with Crippen LogP contribution in [0, 0.1) is 5.82 Å². The fourth-order valence-corrected chi connectivity index (χ4v) is 4.62. The highest BCUT2D eigenvalue weighted by Crippen LogP contribution is 2.32. The Balaban J connectivity index is 1.70. The second-order valence-electron chi connectivity index (χ2n) is 10.4. The molecule has 0 bridgehead atoms. The summed E-state index contributed by atoms with van der Waals surface area (Å²) < 4.78 is 15.1. The number of nitrogens with one attached hydrogen (secondary N) is 1. The summed E-state index contributed by atoms with van der Waals surface area (Å²) in [5.41, 5.74) is 0.768. The Morgan fingerprint density at radius 1 is 1.19 bits per heavy atom. The summed E-state index contributed by atoms with van der Waals surface area (Å²) >= 11 is 0. The first kappa shape index (κ1) is 22.5. The molecule has 1 fully saturated rings. The van der Waals surface area contributed by atoms with Crippen molar-refractivity contribution in [3.8, 4) is 0 Å². The Hall–Kier alpha value is -2.70. The monoisotopic (exact) mass is 440 g/mol. The molecule has 1 N–H and O–H groups in total. The lowest BCUT2D eigenvalue weighted by molar-refractivity contribution is -0.134. The van der Waals surface area contributed by atoms with E-state index in [1.807, 2.05) is 13.0 Å². The van der Waals surface area contributed by atoms with Crippen molar-refractivity contribution >= 4 is 11.8 Å². The topological polar surface area (TPSA) is 67.2 Å². The van der Waals surface area contributed by atoms with Crippen molar-refractivity contribution in [1.29, 1.82) is 0 Å². The van der Waals surface area contributed by atoms with Crippen molar-refractivity contribution in [2.24, 2.45) is 0 Å². The molecule has 2 heterocycles. The van der Waals surface area contributed by atoms with Crippen LogP contribution in [0.3, 0.4) is 0 Å². The largest absolute Gasteiger partial charge is 0.351 e. The Bertz CT molecular complexity index is 1000. The Morgan fingerprint density at radius 3 is 2.47 bits per heavy atom. The zero-order valence-corrected chi connectivity index (χ0v) is 19.4. The van der Waals surface area contributed by atoms with Crippen molar-refractivity contribution < 1.29 is 14.0 Å². The van der Waals surface area contributed by atoms with Crippen LogP contribution in [-0.2, 0) is 23.3 Å². The molecule has 7 heteroatoms. The number of nitrogens with zero attached hydrogens (tertiary/aromatic N) is 3. The SMILES string of the molecule is CC(C)(C)c1cc2n(n1)C[C@@](C)(C(=O)NC1CCCCC1)N(Cc1ccc(F)cc1)C2=O. The van der Waals surface area contributed by atoms with Crippen LogP contribution in [0.15, 0.2) is 30.3 Å². The molecular formula is C25H33FN4O2. The third-order valence-corrected chi connectivity index (χ3v) is 6.75. The molecule has 1 saturated carbocycles. The van der Waals surface area contributed by atoms with Crippen molar-refractivity contribution in [1.82, 2.24) is 20.0 Å². The van der Waals surface area contributed by atoms with Gasteiger partial charge in [0.25, 0.3) is 5.91 Å². The number of hydrogen-bond acceptors (Lipinski definition) is 3. The number of halogens is 1. The maximum absolute atomic E-state index is 13.7. The lowest BCUT2D eigenvalue weighted by atomic mass is 9.90. The smallest absolute Gasteiger partial charge is 0.273 e. The van der Waals surface area contributed by atoms with Gasteiger partial charge in [-0.3, -0.25) is 14.3 Å². The van der Waals surface area contributed by atoms with Crippen LogP contribution in [0.25, 0.3) is 0 Å². The van der Waals surface area contributed by atoms with E-state index in [-0.39, 0.29) is 42.2 Å². The summed E-state index contributed by atoms with van der Waals surface area (Å²) in [5.74, 6) is -0.715. The van der Waals surface area contributed by atoms with Crippen molar-refractivity contribution in [2.75, 3.05) is 0 Å². The highest BCUT2D eigenvalue weighted by atomic mass is 19.1. The predicted molar refractivity (Wildman–Crippen MR) is 121 cm³/mol. The van der Waals surface area contributed by atoms with Crippen LogP contribution < -0.4 is 5.32 Å². The van der Waals surface area contributed by atoms with Crippen molar-refractivity contribution in [2.45, 2.75) is 89.9 Å². The van der Waals surface area contributed by atoms with E-state index in [2.05, 4.69) is 31.2 Å². The van der Waals surface area contributed by atoms with Gasteiger partial charge in [0, 0.05) is 18.0 Å². The van der Waals surface area contributed by atoms with Crippen LogP contribution in [0.1, 0.15) is 81.5 Å². The molecular weight excluding hydrogens is 407 g/mol. The Morgan fingerprint density at radius 2 is 1.84 bits per heavy atom. The van der Waals surface area contributed by atoms with Gasteiger partial charge in [0.05, 0.1) is 12.2 Å². The first-order valence-electron chi connectivity index (χ1n) is 11.5. The van der Waals surface area contributed by atoms with Gasteiger partial charge in [0.1, 0.15) is 17.1 Å². The minimum absolute atomic E-state index is 0.139. The minimum Gasteiger partial charge on any atom is -0.351 e. The third-order valence-electron chi connectivity index (χ3n) is 6.75. The van der Waals surface area contributed by atoms with E-state index in [1.165, 1.54) is 18.6 Å². The van der Waals surface area contributed by atoms with Gasteiger partial charge in [0.2, 0.25) is 5.91 Å². The standard InChI is InChI=1S/C25H33FN4O2/c1-24(2,3)21-14-20-22(31)29(15-17-10-12-18(26)13-11-17)25(4,16-30(20)28-21)23(32)27-19-8-6-5-7-9-19/h10-14,19H,5-9,15-16H2,1-4H3,(H,27,32)/t25-/m0/s1. The lowest BCUT2D eigenvalue weighted by Gasteiger charge is -2.44. The molecule has 32 heavy (non-hydrogen) atoms. The number of aromatic nitrogens is 2. The fourth-order valence-electron chi connectivity index (χ4n) is 4.62. The quantitative estimate of drug-likeness (QED) is 0.776. The zero-order valence-electron chi connectivity index (χ0n) is 19.4. The van der Waals surface area contributed by atoms with E-state index >= 15 is 0 Å². The summed E-state index contributed by atoms with van der Waals surface area (Å²) in [5, 5.41) is 7.90. The number of fused-ring (bicyclic) bond motifs is 1. The molecule has 2 aliphatic rings. The number of rotatable bonds is 4. The minimum atomic E-state index is -1.10. The second kappa shape index (κ2) is 8.34. The number of carbonyl (C=O) groups excluding carboxylic acids is 2. The van der Waals surface area contributed by atoms with Crippen LogP contribution in [0.4, 0.5) is 4.39 Å². The van der Waals surface area contributed by atoms with E-state index < -0.39 is 5.54 Å². The summed E-state index contributed by atoms with van der Waals surface area (Å²) in [6, 6.07) is 8.05. The number of hydrogen-bond donors (Lipinski definition) is 1. The molecule has 1 atom stereocenters. The average molecular weight is 441 g/mol.